The molecule has 1 aliphatic heterocycles. The van der Waals surface area contributed by atoms with Crippen molar-refractivity contribution in [3.63, 3.8) is 0 Å². The molecule has 0 fully saturated rings. The largest absolute Gasteiger partial charge is 0.497 e. The van der Waals surface area contributed by atoms with Gasteiger partial charge in [-0.05, 0) is 48.9 Å². The van der Waals surface area contributed by atoms with Crippen molar-refractivity contribution in [2.45, 2.75) is 12.8 Å². The van der Waals surface area contributed by atoms with Gasteiger partial charge in [-0.25, -0.2) is 4.99 Å². The Morgan fingerprint density at radius 2 is 1.71 bits per heavy atom. The zero-order chi connectivity index (χ0) is 19.5. The van der Waals surface area contributed by atoms with Crippen LogP contribution in [0, 0.1) is 0 Å². The van der Waals surface area contributed by atoms with Gasteiger partial charge in [0.2, 0.25) is 0 Å². The molecule has 2 heterocycles. The van der Waals surface area contributed by atoms with Gasteiger partial charge in [-0.15, -0.1) is 0 Å². The number of para-hydroxylation sites is 2. The van der Waals surface area contributed by atoms with Crippen molar-refractivity contribution < 1.29 is 13.9 Å². The molecule has 6 nitrogen and oxygen atoms in total. The zero-order valence-corrected chi connectivity index (χ0v) is 15.5. The van der Waals surface area contributed by atoms with E-state index in [1.165, 1.54) is 6.26 Å². The first-order chi connectivity index (χ1) is 13.7. The number of aliphatic imine (C=N–C) groups is 2. The van der Waals surface area contributed by atoms with Crippen LogP contribution in [-0.2, 0) is 0 Å². The number of carbonyl (C=O) groups excluding carboxylic acids is 1. The summed E-state index contributed by atoms with van der Waals surface area (Å²) in [7, 11) is 1.63. The van der Waals surface area contributed by atoms with Crippen LogP contribution in [0.25, 0.3) is 0 Å². The van der Waals surface area contributed by atoms with E-state index >= 15 is 0 Å². The molecule has 0 spiro atoms. The number of methoxy groups -OCH3 is 1. The lowest BCUT2D eigenvalue weighted by molar-refractivity contribution is 0.0949. The van der Waals surface area contributed by atoms with Crippen LogP contribution in [-0.4, -0.2) is 24.6 Å². The van der Waals surface area contributed by atoms with Gasteiger partial charge in [0, 0.05) is 5.71 Å². The first-order valence-corrected chi connectivity index (χ1v) is 8.87. The highest BCUT2D eigenvalue weighted by Gasteiger charge is 2.27. The second-order valence-electron chi connectivity index (χ2n) is 6.38. The molecule has 28 heavy (non-hydrogen) atoms. The van der Waals surface area contributed by atoms with Crippen LogP contribution in [0.3, 0.4) is 0 Å². The number of nitrogens with zero attached hydrogens (tertiary/aromatic N) is 2. The monoisotopic (exact) mass is 373 g/mol. The van der Waals surface area contributed by atoms with Gasteiger partial charge in [-0.3, -0.25) is 9.79 Å². The Labute approximate surface area is 162 Å². The average molecular weight is 373 g/mol. The van der Waals surface area contributed by atoms with Gasteiger partial charge in [0.15, 0.2) is 5.76 Å². The maximum Gasteiger partial charge on any atom is 0.292 e. The Morgan fingerprint density at radius 3 is 2.36 bits per heavy atom. The fraction of sp³-hybridized carbons (Fsp3) is 0.136. The lowest BCUT2D eigenvalue weighted by atomic mass is 9.93. The summed E-state index contributed by atoms with van der Waals surface area (Å²) >= 11 is 0. The fourth-order valence-electron chi connectivity index (χ4n) is 3.18. The van der Waals surface area contributed by atoms with Crippen molar-refractivity contribution in [1.82, 2.24) is 5.32 Å². The van der Waals surface area contributed by atoms with E-state index in [1.54, 1.807) is 19.2 Å². The smallest absolute Gasteiger partial charge is 0.292 e. The first kappa shape index (κ1) is 17.7. The molecule has 140 valence electrons. The summed E-state index contributed by atoms with van der Waals surface area (Å²) in [5, 5.41) is 2.91. The summed E-state index contributed by atoms with van der Waals surface area (Å²) in [6, 6.07) is 18.6. The van der Waals surface area contributed by atoms with Crippen LogP contribution in [0.4, 0.5) is 11.4 Å². The van der Waals surface area contributed by atoms with Crippen LogP contribution >= 0.6 is 0 Å². The van der Waals surface area contributed by atoms with E-state index in [0.717, 1.165) is 22.7 Å². The van der Waals surface area contributed by atoms with Crippen molar-refractivity contribution in [2.75, 3.05) is 7.11 Å². The third-order valence-corrected chi connectivity index (χ3v) is 4.55. The number of fused-ring (bicyclic) bond motifs is 1. The lowest BCUT2D eigenvalue weighted by Crippen LogP contribution is -2.37. The summed E-state index contributed by atoms with van der Waals surface area (Å²) in [6.07, 6.45) is 1.47. The zero-order valence-electron chi connectivity index (χ0n) is 15.5. The molecule has 2 aromatic carbocycles. The molecule has 0 radical (unpaired) electrons. The van der Waals surface area contributed by atoms with Crippen molar-refractivity contribution >= 4 is 28.8 Å². The van der Waals surface area contributed by atoms with E-state index in [1.807, 2.05) is 55.5 Å². The van der Waals surface area contributed by atoms with Gasteiger partial charge in [0.25, 0.3) is 5.91 Å². The van der Waals surface area contributed by atoms with E-state index < -0.39 is 0 Å². The standard InChI is InChI=1S/C22H19N3O3/c1-14-20(15-9-11-16(27-2)12-10-15)21(25-22(26)19-8-5-13-28-19)24-18-7-4-3-6-17(18)23-14/h3-13,20H,1-2H3,(H,24,25,26). The average Bonchev–Trinajstić information content (AvgIpc) is 3.21. The number of amides is 1. The number of hydrogen-bond acceptors (Lipinski definition) is 5. The predicted octanol–water partition coefficient (Wildman–Crippen LogP) is 4.64. The number of nitrogens with one attached hydrogen (secondary N) is 1. The van der Waals surface area contributed by atoms with E-state index in [9.17, 15) is 4.79 Å². The normalized spacial score (nSPS) is 15.7. The summed E-state index contributed by atoms with van der Waals surface area (Å²) in [4.78, 5) is 22.1. The lowest BCUT2D eigenvalue weighted by Gasteiger charge is -2.19. The number of benzene rings is 2. The summed E-state index contributed by atoms with van der Waals surface area (Å²) in [5.74, 6) is 0.820. The van der Waals surface area contributed by atoms with Crippen LogP contribution in [0.2, 0.25) is 0 Å². The molecule has 1 unspecified atom stereocenters. The van der Waals surface area contributed by atoms with Crippen LogP contribution in [0.15, 0.2) is 81.3 Å². The molecule has 0 bridgehead atoms. The molecule has 1 atom stereocenters. The molecule has 1 aliphatic rings. The van der Waals surface area contributed by atoms with E-state index in [-0.39, 0.29) is 17.6 Å². The van der Waals surface area contributed by atoms with E-state index in [2.05, 4.69) is 5.32 Å². The predicted molar refractivity (Wildman–Crippen MR) is 108 cm³/mol. The highest BCUT2D eigenvalue weighted by atomic mass is 16.5. The molecule has 0 saturated heterocycles. The van der Waals surface area contributed by atoms with Gasteiger partial charge in [-0.2, -0.15) is 0 Å². The topological polar surface area (TPSA) is 76.2 Å². The van der Waals surface area contributed by atoms with Crippen molar-refractivity contribution in [2.24, 2.45) is 9.98 Å². The number of hydrogen-bond donors (Lipinski definition) is 1. The van der Waals surface area contributed by atoms with E-state index in [0.29, 0.717) is 11.5 Å². The summed E-state index contributed by atoms with van der Waals surface area (Å²) in [5.41, 5.74) is 3.25. The van der Waals surface area contributed by atoms with Gasteiger partial charge < -0.3 is 14.5 Å². The fourth-order valence-corrected chi connectivity index (χ4v) is 3.18. The van der Waals surface area contributed by atoms with Crippen LogP contribution in [0.5, 0.6) is 5.75 Å². The Morgan fingerprint density at radius 1 is 1.00 bits per heavy atom. The second kappa shape index (κ2) is 7.52. The SMILES string of the molecule is COc1ccc(C2C(C)=Nc3ccccc3N=C2NC(=O)c2ccco2)cc1. The minimum Gasteiger partial charge on any atom is -0.497 e. The maximum absolute atomic E-state index is 12.6. The van der Waals surface area contributed by atoms with Crippen molar-refractivity contribution in [1.29, 1.82) is 0 Å². The molecule has 0 saturated carbocycles. The number of ether oxygens (including phenoxy) is 1. The number of amidine groups is 1. The first-order valence-electron chi connectivity index (χ1n) is 8.87. The summed E-state index contributed by atoms with van der Waals surface area (Å²) < 4.78 is 10.5. The van der Waals surface area contributed by atoms with Gasteiger partial charge >= 0.3 is 0 Å². The molecule has 1 aromatic heterocycles. The number of carbonyl (C=O) groups is 1. The molecule has 6 heteroatoms. The Bertz CT molecular complexity index is 1050. The quantitative estimate of drug-likeness (QED) is 0.727. The van der Waals surface area contributed by atoms with Gasteiger partial charge in [0.05, 0.1) is 30.7 Å². The number of rotatable bonds is 3. The second-order valence-corrected chi connectivity index (χ2v) is 6.38. The van der Waals surface area contributed by atoms with Crippen LogP contribution in [0.1, 0.15) is 29.0 Å². The number of furan rings is 1. The van der Waals surface area contributed by atoms with Gasteiger partial charge in [-0.1, -0.05) is 24.3 Å². The molecular formula is C22H19N3O3. The molecular weight excluding hydrogens is 354 g/mol. The van der Waals surface area contributed by atoms with E-state index in [4.69, 9.17) is 19.1 Å². The maximum atomic E-state index is 12.6. The van der Waals surface area contributed by atoms with Crippen LogP contribution < -0.4 is 10.1 Å². The highest BCUT2D eigenvalue weighted by molar-refractivity contribution is 6.18. The molecule has 4 rings (SSSR count). The minimum absolute atomic E-state index is 0.225. The van der Waals surface area contributed by atoms with Crippen molar-refractivity contribution in [3.05, 3.63) is 78.3 Å². The highest BCUT2D eigenvalue weighted by Crippen LogP contribution is 2.34. The Hall–Kier alpha value is -3.67. The Balaban J connectivity index is 1.79. The molecule has 0 aliphatic carbocycles. The van der Waals surface area contributed by atoms with Gasteiger partial charge in [0.1, 0.15) is 11.6 Å². The Kier molecular flexibility index (Phi) is 4.76. The molecule has 3 aromatic rings. The molecule has 1 N–H and O–H groups in total. The third-order valence-electron chi connectivity index (χ3n) is 4.55. The summed E-state index contributed by atoms with van der Waals surface area (Å²) in [6.45, 7) is 1.94. The third kappa shape index (κ3) is 3.44. The molecule has 1 amide bonds. The van der Waals surface area contributed by atoms with Crippen molar-refractivity contribution in [3.8, 4) is 5.75 Å². The minimum atomic E-state index is -0.352.